The van der Waals surface area contributed by atoms with Gasteiger partial charge in [-0.25, -0.2) is 4.68 Å². The first-order valence-electron chi connectivity index (χ1n) is 6.80. The summed E-state index contributed by atoms with van der Waals surface area (Å²) in [5, 5.41) is 7.66. The fourth-order valence-electron chi connectivity index (χ4n) is 2.44. The monoisotopic (exact) mass is 250 g/mol. The zero-order valence-electron chi connectivity index (χ0n) is 11.2. The van der Waals surface area contributed by atoms with E-state index in [2.05, 4.69) is 29.2 Å². The highest BCUT2D eigenvalue weighted by atomic mass is 16.1. The van der Waals surface area contributed by atoms with Gasteiger partial charge in [0, 0.05) is 25.2 Å². The average molecular weight is 250 g/mol. The molecular formula is C13H22N4O. The topological polar surface area (TPSA) is 50.2 Å². The van der Waals surface area contributed by atoms with Crippen LogP contribution in [0.15, 0.2) is 17.1 Å². The maximum atomic E-state index is 12.0. The predicted molar refractivity (Wildman–Crippen MR) is 73.1 cm³/mol. The minimum atomic E-state index is -0.00639. The van der Waals surface area contributed by atoms with Crippen LogP contribution in [-0.4, -0.2) is 35.5 Å². The molecule has 0 aromatic carbocycles. The number of aromatic nitrogens is 2. The second kappa shape index (κ2) is 6.00. The van der Waals surface area contributed by atoms with Gasteiger partial charge >= 0.3 is 0 Å². The van der Waals surface area contributed by atoms with E-state index in [0.717, 1.165) is 31.7 Å². The summed E-state index contributed by atoms with van der Waals surface area (Å²) in [4.78, 5) is 14.1. The van der Waals surface area contributed by atoms with Crippen molar-refractivity contribution in [1.29, 1.82) is 0 Å². The zero-order valence-corrected chi connectivity index (χ0v) is 11.2. The molecule has 18 heavy (non-hydrogen) atoms. The van der Waals surface area contributed by atoms with Gasteiger partial charge in [0.15, 0.2) is 0 Å². The van der Waals surface area contributed by atoms with Crippen LogP contribution in [0.25, 0.3) is 0 Å². The van der Waals surface area contributed by atoms with Crippen molar-refractivity contribution in [3.05, 3.63) is 22.6 Å². The summed E-state index contributed by atoms with van der Waals surface area (Å²) in [5.41, 5.74) is 0.911. The van der Waals surface area contributed by atoms with E-state index in [1.165, 1.54) is 6.42 Å². The lowest BCUT2D eigenvalue weighted by atomic mass is 10.2. The molecule has 0 aliphatic carbocycles. The molecule has 0 spiro atoms. The normalized spacial score (nSPS) is 19.1. The molecule has 1 N–H and O–H groups in total. The van der Waals surface area contributed by atoms with Crippen LogP contribution in [0.2, 0.25) is 0 Å². The molecule has 0 unspecified atom stereocenters. The van der Waals surface area contributed by atoms with E-state index in [1.807, 2.05) is 0 Å². The van der Waals surface area contributed by atoms with Crippen molar-refractivity contribution in [2.24, 2.45) is 0 Å². The third-order valence-corrected chi connectivity index (χ3v) is 3.54. The number of anilines is 1. The summed E-state index contributed by atoms with van der Waals surface area (Å²) in [6.07, 6.45) is 4.12. The Bertz CT molecular complexity index is 433. The Morgan fingerprint density at radius 3 is 2.83 bits per heavy atom. The predicted octanol–water partition coefficient (Wildman–Crippen LogP) is 0.841. The standard InChI is InChI=1S/C13H22N4O/c1-3-16(4-2)12-8-13(18)17(15-9-12)10-11-6-5-7-14-11/h8-9,11,14H,3-7,10H2,1-2H3/t11-/m1/s1. The van der Waals surface area contributed by atoms with Gasteiger partial charge in [-0.05, 0) is 33.2 Å². The van der Waals surface area contributed by atoms with Crippen LogP contribution < -0.4 is 15.8 Å². The molecule has 0 amide bonds. The SMILES string of the molecule is CCN(CC)c1cnn(C[C@H]2CCCN2)c(=O)c1. The minimum absolute atomic E-state index is 0.00639. The molecule has 1 fully saturated rings. The number of rotatable bonds is 5. The third-order valence-electron chi connectivity index (χ3n) is 3.54. The minimum Gasteiger partial charge on any atom is -0.371 e. The summed E-state index contributed by atoms with van der Waals surface area (Å²) in [7, 11) is 0. The smallest absolute Gasteiger partial charge is 0.268 e. The van der Waals surface area contributed by atoms with Crippen LogP contribution in [0, 0.1) is 0 Å². The first-order chi connectivity index (χ1) is 8.74. The molecule has 0 bridgehead atoms. The van der Waals surface area contributed by atoms with Gasteiger partial charge in [-0.3, -0.25) is 4.79 Å². The maximum Gasteiger partial charge on any atom is 0.268 e. The molecular weight excluding hydrogens is 228 g/mol. The molecule has 2 rings (SSSR count). The summed E-state index contributed by atoms with van der Waals surface area (Å²) in [5.74, 6) is 0. The molecule has 1 aliphatic heterocycles. The molecule has 1 saturated heterocycles. The first kappa shape index (κ1) is 13.1. The van der Waals surface area contributed by atoms with Crippen LogP contribution in [0.4, 0.5) is 5.69 Å². The van der Waals surface area contributed by atoms with Crippen LogP contribution in [0.3, 0.4) is 0 Å². The number of hydrogen-bond donors (Lipinski definition) is 1. The van der Waals surface area contributed by atoms with Crippen molar-refractivity contribution in [2.45, 2.75) is 39.3 Å². The molecule has 0 saturated carbocycles. The van der Waals surface area contributed by atoms with Gasteiger partial charge in [-0.15, -0.1) is 0 Å². The Balaban J connectivity index is 2.11. The second-order valence-electron chi connectivity index (χ2n) is 4.70. The van der Waals surface area contributed by atoms with Crippen LogP contribution >= 0.6 is 0 Å². The summed E-state index contributed by atoms with van der Waals surface area (Å²) >= 11 is 0. The molecule has 1 aromatic rings. The average Bonchev–Trinajstić information content (AvgIpc) is 2.87. The second-order valence-corrected chi connectivity index (χ2v) is 4.70. The fraction of sp³-hybridized carbons (Fsp3) is 0.692. The quantitative estimate of drug-likeness (QED) is 0.841. The molecule has 5 nitrogen and oxygen atoms in total. The Morgan fingerprint density at radius 1 is 1.50 bits per heavy atom. The van der Waals surface area contributed by atoms with E-state index in [9.17, 15) is 4.79 Å². The highest BCUT2D eigenvalue weighted by Gasteiger charge is 2.15. The lowest BCUT2D eigenvalue weighted by molar-refractivity contribution is 0.459. The first-order valence-corrected chi connectivity index (χ1v) is 6.80. The number of nitrogens with one attached hydrogen (secondary N) is 1. The number of nitrogens with zero attached hydrogens (tertiary/aromatic N) is 3. The van der Waals surface area contributed by atoms with Crippen LogP contribution in [0.5, 0.6) is 0 Å². The summed E-state index contributed by atoms with van der Waals surface area (Å²) in [6, 6.07) is 2.09. The molecule has 5 heteroatoms. The third kappa shape index (κ3) is 2.90. The van der Waals surface area contributed by atoms with E-state index in [4.69, 9.17) is 0 Å². The molecule has 0 radical (unpaired) electrons. The molecule has 1 aromatic heterocycles. The van der Waals surface area contributed by atoms with Crippen LogP contribution in [0.1, 0.15) is 26.7 Å². The van der Waals surface area contributed by atoms with Crippen molar-refractivity contribution in [3.63, 3.8) is 0 Å². The van der Waals surface area contributed by atoms with Gasteiger partial charge < -0.3 is 10.2 Å². The molecule has 100 valence electrons. The maximum absolute atomic E-state index is 12.0. The largest absolute Gasteiger partial charge is 0.371 e. The Hall–Kier alpha value is -1.36. The van der Waals surface area contributed by atoms with Crippen LogP contribution in [-0.2, 0) is 6.54 Å². The highest BCUT2D eigenvalue weighted by molar-refractivity contribution is 5.42. The zero-order chi connectivity index (χ0) is 13.0. The van der Waals surface area contributed by atoms with E-state index in [-0.39, 0.29) is 5.56 Å². The van der Waals surface area contributed by atoms with E-state index < -0.39 is 0 Å². The fourth-order valence-corrected chi connectivity index (χ4v) is 2.44. The van der Waals surface area contributed by atoms with Crippen molar-refractivity contribution in [1.82, 2.24) is 15.1 Å². The van der Waals surface area contributed by atoms with Gasteiger partial charge in [0.2, 0.25) is 0 Å². The van der Waals surface area contributed by atoms with Gasteiger partial charge in [0.1, 0.15) is 0 Å². The Kier molecular flexibility index (Phi) is 4.36. The number of hydrogen-bond acceptors (Lipinski definition) is 4. The highest BCUT2D eigenvalue weighted by Crippen LogP contribution is 2.09. The van der Waals surface area contributed by atoms with E-state index >= 15 is 0 Å². The van der Waals surface area contributed by atoms with Crippen molar-refractivity contribution in [2.75, 3.05) is 24.5 Å². The molecule has 1 aliphatic rings. The van der Waals surface area contributed by atoms with Gasteiger partial charge in [0.05, 0.1) is 18.4 Å². The Morgan fingerprint density at radius 2 is 2.28 bits per heavy atom. The van der Waals surface area contributed by atoms with Gasteiger partial charge in [-0.2, -0.15) is 5.10 Å². The van der Waals surface area contributed by atoms with Gasteiger partial charge in [-0.1, -0.05) is 0 Å². The molecule has 1 atom stereocenters. The van der Waals surface area contributed by atoms with Crippen molar-refractivity contribution in [3.8, 4) is 0 Å². The van der Waals surface area contributed by atoms with E-state index in [1.54, 1.807) is 16.9 Å². The van der Waals surface area contributed by atoms with Crippen molar-refractivity contribution < 1.29 is 0 Å². The summed E-state index contributed by atoms with van der Waals surface area (Å²) in [6.45, 7) is 7.68. The Labute approximate surface area is 108 Å². The van der Waals surface area contributed by atoms with Crippen molar-refractivity contribution >= 4 is 5.69 Å². The molecule has 2 heterocycles. The lowest BCUT2D eigenvalue weighted by Crippen LogP contribution is -2.34. The van der Waals surface area contributed by atoms with E-state index in [0.29, 0.717) is 12.6 Å². The summed E-state index contributed by atoms with van der Waals surface area (Å²) < 4.78 is 1.57. The lowest BCUT2D eigenvalue weighted by Gasteiger charge is -2.20. The van der Waals surface area contributed by atoms with Gasteiger partial charge in [0.25, 0.3) is 5.56 Å².